The fraction of sp³-hybridized carbons (Fsp3) is 0.468. The van der Waals surface area contributed by atoms with Crippen LogP contribution in [0.5, 0.6) is 0 Å². The summed E-state index contributed by atoms with van der Waals surface area (Å²) in [6.45, 7) is 43.3. The maximum atomic E-state index is 11.7. The molecule has 1 aliphatic rings. The Morgan fingerprint density at radius 1 is 0.390 bits per heavy atom. The van der Waals surface area contributed by atoms with Gasteiger partial charge in [-0.15, -0.1) is 0 Å². The number of nitrogens with one attached hydrogen (secondary N) is 7. The summed E-state index contributed by atoms with van der Waals surface area (Å²) in [5.74, 6) is 3.36. The Labute approximate surface area is 626 Å². The second kappa shape index (κ2) is 46.0. The van der Waals surface area contributed by atoms with Crippen LogP contribution in [0.15, 0.2) is 85.2 Å². The van der Waals surface area contributed by atoms with Gasteiger partial charge in [0.1, 0.15) is 34.7 Å². The predicted molar refractivity (Wildman–Crippen MR) is 418 cm³/mol. The van der Waals surface area contributed by atoms with E-state index in [1.54, 1.807) is 58.3 Å². The summed E-state index contributed by atoms with van der Waals surface area (Å²) in [6.07, 6.45) is 6.49. The van der Waals surface area contributed by atoms with Crippen LogP contribution in [0.1, 0.15) is 195 Å². The minimum Gasteiger partial charge on any atom is -0.465 e. The number of carbonyl (C=O) groups excluding carboxylic acids is 8. The normalized spacial score (nSPS) is 11.1. The van der Waals surface area contributed by atoms with Crippen LogP contribution in [-0.2, 0) is 56.1 Å². The first kappa shape index (κ1) is 91.1. The van der Waals surface area contributed by atoms with Crippen LogP contribution >= 0.6 is 11.6 Å². The van der Waals surface area contributed by atoms with Crippen LogP contribution in [0.25, 0.3) is 0 Å². The number of nitrogens with zero attached hydrogens (tertiary/aromatic N) is 8. The summed E-state index contributed by atoms with van der Waals surface area (Å²) in [5, 5.41) is 19.8. The SMILES string of the molecule is CCc1ccc(C)nc1NC(=O)C(C)C.COC(=O)c1ccc(C)nc1NC(=O)C(C)C.COCc1ccc(C)nc1NC(=O)C(C)C.Cc1ccc(C)c(NC(=O)C(C)C)n1.Cc1ccc(C2CC2)c(NC(=O)C(C)C)n1.Cc1ccc(Cl)c(NC(=O)C(C)C)n1.Cc1cncc(NC(=O)C(C)C)n1. The van der Waals surface area contributed by atoms with Crippen LogP contribution < -0.4 is 37.2 Å². The van der Waals surface area contributed by atoms with Crippen molar-refractivity contribution < 1.29 is 47.8 Å². The number of esters is 1. The molecule has 7 amide bonds. The third-order valence-electron chi connectivity index (χ3n) is 14.8. The van der Waals surface area contributed by atoms with Gasteiger partial charge in [0, 0.05) is 94.5 Å². The molecule has 570 valence electrons. The number of aryl methyl sites for hydroxylation is 9. The van der Waals surface area contributed by atoms with Crippen LogP contribution in [0.2, 0.25) is 5.02 Å². The summed E-state index contributed by atoms with van der Waals surface area (Å²) >= 11 is 5.87. The molecule has 25 nitrogen and oxygen atoms in total. The Hall–Kier alpha value is -10.0. The minimum absolute atomic E-state index is 0.00522. The molecule has 0 radical (unpaired) electrons. The molecule has 0 saturated heterocycles. The zero-order chi connectivity index (χ0) is 79.5. The van der Waals surface area contributed by atoms with E-state index in [0.717, 1.165) is 68.8 Å². The van der Waals surface area contributed by atoms with Gasteiger partial charge in [-0.1, -0.05) is 140 Å². The van der Waals surface area contributed by atoms with Crippen molar-refractivity contribution in [2.75, 3.05) is 51.4 Å². The van der Waals surface area contributed by atoms with Crippen LogP contribution in [0.3, 0.4) is 0 Å². The van der Waals surface area contributed by atoms with Gasteiger partial charge in [0.05, 0.1) is 30.6 Å². The third kappa shape index (κ3) is 34.4. The molecule has 26 heteroatoms. The van der Waals surface area contributed by atoms with Crippen LogP contribution in [0.4, 0.5) is 40.7 Å². The van der Waals surface area contributed by atoms with Crippen LogP contribution in [0, 0.1) is 96.8 Å². The Bertz CT molecular complexity index is 3950. The molecule has 105 heavy (non-hydrogen) atoms. The number of amides is 7. The van der Waals surface area contributed by atoms with Crippen molar-refractivity contribution in [2.45, 2.75) is 191 Å². The number of hydrogen-bond donors (Lipinski definition) is 7. The second-order valence-corrected chi connectivity index (χ2v) is 27.6. The molecule has 7 N–H and O–H groups in total. The molecule has 0 bridgehead atoms. The number of pyridine rings is 6. The van der Waals surface area contributed by atoms with Gasteiger partial charge in [-0.2, -0.15) is 0 Å². The number of anilines is 7. The van der Waals surface area contributed by atoms with E-state index < -0.39 is 5.97 Å². The van der Waals surface area contributed by atoms with Crippen molar-refractivity contribution in [3.05, 3.63) is 158 Å². The monoisotopic (exact) mass is 1470 g/mol. The summed E-state index contributed by atoms with van der Waals surface area (Å²) in [5.41, 5.74) is 10.4. The van der Waals surface area contributed by atoms with Crippen molar-refractivity contribution in [2.24, 2.45) is 41.4 Å². The van der Waals surface area contributed by atoms with Crippen molar-refractivity contribution in [3.8, 4) is 0 Å². The van der Waals surface area contributed by atoms with Gasteiger partial charge in [0.25, 0.3) is 0 Å². The smallest absolute Gasteiger partial charge is 0.341 e. The van der Waals surface area contributed by atoms with Gasteiger partial charge < -0.3 is 46.7 Å². The lowest BCUT2D eigenvalue weighted by Crippen LogP contribution is -2.21. The highest BCUT2D eigenvalue weighted by Gasteiger charge is 2.28. The lowest BCUT2D eigenvalue weighted by molar-refractivity contribution is -0.119. The molecule has 1 aliphatic carbocycles. The fourth-order valence-electron chi connectivity index (χ4n) is 8.00. The summed E-state index contributed by atoms with van der Waals surface area (Å²) in [4.78, 5) is 126. The summed E-state index contributed by atoms with van der Waals surface area (Å²) in [7, 11) is 2.91. The molecule has 1 fully saturated rings. The average molecular weight is 1470 g/mol. The predicted octanol–water partition coefficient (Wildman–Crippen LogP) is 15.6. The molecule has 7 aromatic rings. The van der Waals surface area contributed by atoms with Crippen LogP contribution in [-0.4, -0.2) is 101 Å². The van der Waals surface area contributed by atoms with Crippen molar-refractivity contribution in [1.82, 2.24) is 39.9 Å². The topological polar surface area (TPSA) is 342 Å². The van der Waals surface area contributed by atoms with Crippen molar-refractivity contribution in [3.63, 3.8) is 0 Å². The molecule has 7 aromatic heterocycles. The number of carbonyl (C=O) groups is 8. The fourth-order valence-corrected chi connectivity index (χ4v) is 8.16. The number of hydrogen-bond acceptors (Lipinski definition) is 18. The zero-order valence-corrected chi connectivity index (χ0v) is 66.8. The quantitative estimate of drug-likeness (QED) is 0.0370. The lowest BCUT2D eigenvalue weighted by Gasteiger charge is -2.11. The first-order valence-corrected chi connectivity index (χ1v) is 35.6. The Balaban J connectivity index is 0.000000417. The Kier molecular flexibility index (Phi) is 39.9. The highest BCUT2D eigenvalue weighted by atomic mass is 35.5. The molecule has 0 atom stereocenters. The Morgan fingerprint density at radius 3 is 1.16 bits per heavy atom. The number of ether oxygens (including phenoxy) is 2. The Morgan fingerprint density at radius 2 is 0.733 bits per heavy atom. The number of halogens is 1. The van der Waals surface area contributed by atoms with Gasteiger partial charge in [-0.25, -0.2) is 39.7 Å². The van der Waals surface area contributed by atoms with Gasteiger partial charge in [-0.3, -0.25) is 38.5 Å². The van der Waals surface area contributed by atoms with Gasteiger partial charge in [0.15, 0.2) is 11.6 Å². The zero-order valence-electron chi connectivity index (χ0n) is 66.1. The van der Waals surface area contributed by atoms with E-state index in [1.807, 2.05) is 174 Å². The number of methoxy groups -OCH3 is 2. The van der Waals surface area contributed by atoms with E-state index in [9.17, 15) is 38.4 Å². The highest BCUT2D eigenvalue weighted by Crippen LogP contribution is 2.43. The molecular formula is C79H112ClN15O10. The molecule has 0 aliphatic heterocycles. The minimum atomic E-state index is -0.517. The first-order valence-electron chi connectivity index (χ1n) is 35.2. The highest BCUT2D eigenvalue weighted by molar-refractivity contribution is 6.33. The molecule has 1 saturated carbocycles. The van der Waals surface area contributed by atoms with E-state index in [0.29, 0.717) is 46.6 Å². The first-order chi connectivity index (χ1) is 49.2. The maximum absolute atomic E-state index is 11.7. The third-order valence-corrected chi connectivity index (χ3v) is 15.1. The molecular weight excluding hydrogens is 1350 g/mol. The lowest BCUT2D eigenvalue weighted by atomic mass is 10.1. The summed E-state index contributed by atoms with van der Waals surface area (Å²) in [6, 6.07) is 22.6. The van der Waals surface area contributed by atoms with E-state index in [4.69, 9.17) is 16.3 Å². The molecule has 7 heterocycles. The average Bonchev–Trinajstić information content (AvgIpc) is 1.76. The van der Waals surface area contributed by atoms with Gasteiger partial charge in [-0.05, 0) is 146 Å². The largest absolute Gasteiger partial charge is 0.465 e. The molecule has 0 aromatic carbocycles. The summed E-state index contributed by atoms with van der Waals surface area (Å²) < 4.78 is 9.69. The van der Waals surface area contributed by atoms with Crippen molar-refractivity contribution >= 4 is 99.6 Å². The van der Waals surface area contributed by atoms with Gasteiger partial charge >= 0.3 is 5.97 Å². The van der Waals surface area contributed by atoms with E-state index in [1.165, 1.54) is 31.7 Å². The standard InChI is InChI=1S/C13H18N2O.C12H16N2O3.C12H18N2O2.C12H18N2O.C11H16N2O.C10H13ClN2O.C9H13N3O/c1-8(2)13(16)15-12-11(10-5-6-10)7-4-9(3)14-12;1-7(2)11(15)14-10-9(12(16)17-4)6-5-8(3)13-10;1-8(2)12(15)14-11-10(7-16-4)6-5-9(3)13-11;1-5-10-7-6-9(4)13-11(10)14-12(15)8(2)3;1-7(2)11(14)13-10-8(3)5-6-9(4)12-10;1-6(2)10(14)13-9-8(11)5-4-7(3)12-9;1-6(2)9(13)12-8-5-10-4-7(3)11-8/h4,7-8,10H,5-6H2,1-3H3,(H,14,15,16);5-7H,1-4H3,(H,13,14,15);5-6,8H,7H2,1-4H3,(H,13,14,15);6-8H,5H2,1-4H3,(H,13,14,15);5-7H,1-4H3,(H,12,13,14);4-6H,1-3H3,(H,12,13,14);4-6H,1-3H3,(H,11,12,13). The number of aromatic nitrogens is 8. The molecule has 0 spiro atoms. The maximum Gasteiger partial charge on any atom is 0.341 e. The van der Waals surface area contributed by atoms with E-state index >= 15 is 0 Å². The van der Waals surface area contributed by atoms with E-state index in [2.05, 4.69) is 94.8 Å². The van der Waals surface area contributed by atoms with Crippen molar-refractivity contribution in [1.29, 1.82) is 0 Å². The van der Waals surface area contributed by atoms with E-state index in [-0.39, 0.29) is 94.2 Å². The molecule has 0 unspecified atom stereocenters. The second-order valence-electron chi connectivity index (χ2n) is 27.2. The molecule has 8 rings (SSSR count). The number of rotatable bonds is 19. The van der Waals surface area contributed by atoms with Gasteiger partial charge in [0.2, 0.25) is 41.4 Å².